The van der Waals surface area contributed by atoms with Crippen molar-refractivity contribution in [3.05, 3.63) is 83.7 Å². The maximum atomic E-state index is 15.1. The van der Waals surface area contributed by atoms with Crippen LogP contribution in [0.4, 0.5) is 8.78 Å². The van der Waals surface area contributed by atoms with Crippen LogP contribution in [0, 0.1) is 40.7 Å². The number of benzene rings is 2. The average molecular weight is 791 g/mol. The third kappa shape index (κ3) is 11.3. The van der Waals surface area contributed by atoms with Gasteiger partial charge in [-0.1, -0.05) is 71.4 Å². The van der Waals surface area contributed by atoms with Crippen LogP contribution in [0.15, 0.2) is 60.8 Å². The van der Waals surface area contributed by atoms with E-state index in [0.29, 0.717) is 74.3 Å². The van der Waals surface area contributed by atoms with E-state index in [1.165, 1.54) is 4.90 Å². The fourth-order valence-electron chi connectivity index (χ4n) is 8.64. The zero-order valence-electron chi connectivity index (χ0n) is 33.9. The largest absolute Gasteiger partial charge is 0.387 e. The lowest BCUT2D eigenvalue weighted by atomic mass is 9.82. The number of nitrogens with two attached hydrogens (primary N) is 1. The van der Waals surface area contributed by atoms with Gasteiger partial charge in [-0.05, 0) is 78.7 Å². The molecule has 1 heterocycles. The Morgan fingerprint density at radius 2 is 1.72 bits per heavy atom. The fourth-order valence-corrected chi connectivity index (χ4v) is 8.64. The lowest BCUT2D eigenvalue weighted by Gasteiger charge is -2.41. The molecule has 1 aromatic heterocycles. The molecular weight excluding hydrogens is 731 g/mol. The minimum atomic E-state index is -0.990. The predicted octanol–water partition coefficient (Wildman–Crippen LogP) is 5.31. The highest BCUT2D eigenvalue weighted by Gasteiger charge is 2.45. The standard InChI is InChI=1S/C44H60F2N6O5/c1-6-33-27(2)34(33)23-39(54)48-17-18-49-42(56)29-12-14-32(20-29)50-43(57)37(47)16-19-52(40(55)26-53)41(44(3,4)5)38-21-30(35-22-31(45)13-15-36(35)46)25-51(38)24-28-10-8-7-9-11-28/h7-11,13,15,21-22,25,27,29,32-34,37,41,53H,6,12,14,16-20,23-24,26,47H2,1-5H3,(H,48,54)(H,49,56)(H,50,57)/t27?,29-,32-,33?,34?,37+,41+/m1/s1. The summed E-state index contributed by atoms with van der Waals surface area (Å²) >= 11 is 0. The van der Waals surface area contributed by atoms with Gasteiger partial charge < -0.3 is 36.3 Å². The molecule has 3 aromatic rings. The molecule has 5 rings (SSSR count). The van der Waals surface area contributed by atoms with Crippen LogP contribution in [0.2, 0.25) is 0 Å². The SMILES string of the molecule is CCC1C(C)C1CC(=O)NCCNC(=O)[C@@H]1CC[C@@H](NC(=O)[C@@H](N)CCN(C(=O)CO)[C@@H](c2cc(-c3cc(F)ccc3F)cn2Cc2ccccc2)C(C)(C)C)C1. The van der Waals surface area contributed by atoms with Crippen LogP contribution in [0.3, 0.4) is 0 Å². The molecule has 2 aliphatic carbocycles. The van der Waals surface area contributed by atoms with E-state index in [2.05, 4.69) is 29.8 Å². The van der Waals surface area contributed by atoms with E-state index in [0.717, 1.165) is 30.2 Å². The third-order valence-corrected chi connectivity index (χ3v) is 11.8. The molecule has 2 aliphatic rings. The number of carbonyl (C=O) groups excluding carboxylic acids is 4. The summed E-state index contributed by atoms with van der Waals surface area (Å²) in [4.78, 5) is 53.6. The van der Waals surface area contributed by atoms with Crippen molar-refractivity contribution in [2.45, 2.75) is 97.8 Å². The van der Waals surface area contributed by atoms with Gasteiger partial charge in [0.15, 0.2) is 0 Å². The van der Waals surface area contributed by atoms with Gasteiger partial charge in [-0.25, -0.2) is 8.78 Å². The van der Waals surface area contributed by atoms with E-state index in [9.17, 15) is 28.7 Å². The molecule has 2 saturated carbocycles. The Morgan fingerprint density at radius 3 is 2.39 bits per heavy atom. The van der Waals surface area contributed by atoms with Crippen LogP contribution in [0.1, 0.15) is 90.4 Å². The monoisotopic (exact) mass is 790 g/mol. The summed E-state index contributed by atoms with van der Waals surface area (Å²) in [6.45, 7) is 10.5. The molecule has 3 unspecified atom stereocenters. The molecule has 0 spiro atoms. The second-order valence-electron chi connectivity index (χ2n) is 17.0. The maximum Gasteiger partial charge on any atom is 0.248 e. The first-order valence-electron chi connectivity index (χ1n) is 20.3. The summed E-state index contributed by atoms with van der Waals surface area (Å²) in [6, 6.07) is 12.7. The van der Waals surface area contributed by atoms with Crippen LogP contribution >= 0.6 is 0 Å². The average Bonchev–Trinajstić information content (AvgIpc) is 3.46. The van der Waals surface area contributed by atoms with Gasteiger partial charge in [-0.3, -0.25) is 19.2 Å². The van der Waals surface area contributed by atoms with Crippen molar-refractivity contribution in [3.63, 3.8) is 0 Å². The van der Waals surface area contributed by atoms with Gasteiger partial charge in [0.05, 0.1) is 12.1 Å². The molecule has 11 nitrogen and oxygen atoms in total. The predicted molar refractivity (Wildman–Crippen MR) is 215 cm³/mol. The van der Waals surface area contributed by atoms with Crippen molar-refractivity contribution >= 4 is 23.6 Å². The second kappa shape index (κ2) is 19.2. The highest BCUT2D eigenvalue weighted by Crippen LogP contribution is 2.50. The number of aliphatic hydroxyl groups excluding tert-OH is 1. The molecule has 13 heteroatoms. The summed E-state index contributed by atoms with van der Waals surface area (Å²) < 4.78 is 31.3. The summed E-state index contributed by atoms with van der Waals surface area (Å²) in [5.74, 6) is -0.864. The van der Waals surface area contributed by atoms with Gasteiger partial charge in [0.2, 0.25) is 23.6 Å². The Hall–Kier alpha value is -4.62. The Labute approximate surface area is 335 Å². The number of nitrogens with zero attached hydrogens (tertiary/aromatic N) is 2. The number of hydrogen-bond donors (Lipinski definition) is 5. The number of aromatic nitrogens is 1. The molecule has 4 amide bonds. The van der Waals surface area contributed by atoms with Crippen LogP contribution in [-0.4, -0.2) is 76.5 Å². The number of amides is 4. The lowest BCUT2D eigenvalue weighted by Crippen LogP contribution is -2.49. The second-order valence-corrected chi connectivity index (χ2v) is 17.0. The number of rotatable bonds is 18. The summed E-state index contributed by atoms with van der Waals surface area (Å²) in [6.07, 6.45) is 5.11. The maximum absolute atomic E-state index is 15.1. The zero-order valence-corrected chi connectivity index (χ0v) is 33.9. The summed E-state index contributed by atoms with van der Waals surface area (Å²) in [5, 5.41) is 18.9. The topological polar surface area (TPSA) is 159 Å². The first kappa shape index (κ1) is 43.5. The number of hydrogen-bond acceptors (Lipinski definition) is 6. The van der Waals surface area contributed by atoms with E-state index < -0.39 is 47.6 Å². The van der Waals surface area contributed by atoms with E-state index in [1.807, 2.05) is 55.7 Å². The minimum absolute atomic E-state index is 0.0131. The fraction of sp³-hybridized carbons (Fsp3) is 0.545. The number of halogens is 2. The van der Waals surface area contributed by atoms with Crippen molar-refractivity contribution < 1.29 is 33.1 Å². The minimum Gasteiger partial charge on any atom is -0.387 e. The highest BCUT2D eigenvalue weighted by molar-refractivity contribution is 5.83. The van der Waals surface area contributed by atoms with Crippen molar-refractivity contribution in [1.29, 1.82) is 0 Å². The Morgan fingerprint density at radius 1 is 1.00 bits per heavy atom. The smallest absolute Gasteiger partial charge is 0.248 e. The van der Waals surface area contributed by atoms with Crippen molar-refractivity contribution in [2.24, 2.45) is 34.8 Å². The Balaban J connectivity index is 1.21. The molecule has 2 aromatic carbocycles. The zero-order chi connectivity index (χ0) is 41.4. The first-order valence-corrected chi connectivity index (χ1v) is 20.3. The lowest BCUT2D eigenvalue weighted by molar-refractivity contribution is -0.140. The molecule has 2 fully saturated rings. The molecule has 0 aliphatic heterocycles. The van der Waals surface area contributed by atoms with E-state index in [4.69, 9.17) is 5.73 Å². The van der Waals surface area contributed by atoms with Gasteiger partial charge in [0.1, 0.15) is 18.2 Å². The molecule has 7 atom stereocenters. The number of nitrogens with one attached hydrogen (secondary N) is 3. The van der Waals surface area contributed by atoms with Crippen LogP contribution in [0.25, 0.3) is 11.1 Å². The highest BCUT2D eigenvalue weighted by atomic mass is 19.1. The number of aliphatic hydroxyl groups is 1. The first-order chi connectivity index (χ1) is 27.1. The van der Waals surface area contributed by atoms with Crippen LogP contribution in [-0.2, 0) is 25.7 Å². The molecule has 310 valence electrons. The van der Waals surface area contributed by atoms with Gasteiger partial charge >= 0.3 is 0 Å². The summed E-state index contributed by atoms with van der Waals surface area (Å²) in [7, 11) is 0. The Bertz CT molecular complexity index is 1860. The van der Waals surface area contributed by atoms with E-state index in [1.54, 1.807) is 12.3 Å². The quantitative estimate of drug-likeness (QED) is 0.110. The normalized spacial score (nSPS) is 21.4. The Kier molecular flexibility index (Phi) is 14.7. The summed E-state index contributed by atoms with van der Waals surface area (Å²) in [5.41, 5.74) is 7.90. The van der Waals surface area contributed by atoms with Gasteiger partial charge in [-0.15, -0.1) is 0 Å². The molecular formula is C44H60F2N6O5. The number of carbonyl (C=O) groups is 4. The van der Waals surface area contributed by atoms with Crippen molar-refractivity contribution in [3.8, 4) is 11.1 Å². The molecule has 6 N–H and O–H groups in total. The molecule has 0 bridgehead atoms. The molecule has 0 radical (unpaired) electrons. The van der Waals surface area contributed by atoms with E-state index >= 15 is 4.39 Å². The van der Waals surface area contributed by atoms with Crippen molar-refractivity contribution in [1.82, 2.24) is 25.4 Å². The van der Waals surface area contributed by atoms with Gasteiger partial charge in [0.25, 0.3) is 0 Å². The van der Waals surface area contributed by atoms with Gasteiger partial charge in [0, 0.05) is 67.6 Å². The third-order valence-electron chi connectivity index (χ3n) is 11.8. The van der Waals surface area contributed by atoms with E-state index in [-0.39, 0.29) is 42.3 Å². The van der Waals surface area contributed by atoms with Crippen LogP contribution in [0.5, 0.6) is 0 Å². The van der Waals surface area contributed by atoms with Gasteiger partial charge in [-0.2, -0.15) is 0 Å². The molecule has 57 heavy (non-hydrogen) atoms. The molecule has 0 saturated heterocycles. The van der Waals surface area contributed by atoms with Crippen molar-refractivity contribution in [2.75, 3.05) is 26.2 Å². The van der Waals surface area contributed by atoms with Crippen LogP contribution < -0.4 is 21.7 Å².